The van der Waals surface area contributed by atoms with Gasteiger partial charge in [0.15, 0.2) is 0 Å². The highest BCUT2D eigenvalue weighted by atomic mass is 19.1. The van der Waals surface area contributed by atoms with Crippen molar-refractivity contribution in [3.8, 4) is 0 Å². The van der Waals surface area contributed by atoms with Crippen LogP contribution in [0.25, 0.3) is 0 Å². The number of methoxy groups -OCH3 is 1. The zero-order valence-corrected chi connectivity index (χ0v) is 10.00. The summed E-state index contributed by atoms with van der Waals surface area (Å²) in [5.74, 6) is -0.322. The molecule has 0 fully saturated rings. The number of benzene rings is 1. The van der Waals surface area contributed by atoms with E-state index < -0.39 is 0 Å². The highest BCUT2D eigenvalue weighted by Crippen LogP contribution is 2.05. The SMILES string of the molecule is COCC(C)NC(=O)NCc1ccccc1F. The first-order chi connectivity index (χ1) is 8.13. The molecule has 17 heavy (non-hydrogen) atoms. The number of halogens is 1. The molecular weight excluding hydrogens is 223 g/mol. The van der Waals surface area contributed by atoms with Gasteiger partial charge in [-0.25, -0.2) is 9.18 Å². The van der Waals surface area contributed by atoms with E-state index in [1.54, 1.807) is 25.3 Å². The van der Waals surface area contributed by atoms with Gasteiger partial charge in [0.1, 0.15) is 5.82 Å². The van der Waals surface area contributed by atoms with E-state index >= 15 is 0 Å². The van der Waals surface area contributed by atoms with Crippen molar-refractivity contribution in [3.63, 3.8) is 0 Å². The third kappa shape index (κ3) is 4.82. The normalized spacial score (nSPS) is 11.9. The van der Waals surface area contributed by atoms with E-state index in [1.165, 1.54) is 6.07 Å². The molecule has 0 aliphatic heterocycles. The van der Waals surface area contributed by atoms with E-state index in [2.05, 4.69) is 10.6 Å². The van der Waals surface area contributed by atoms with Crippen LogP contribution in [0.3, 0.4) is 0 Å². The van der Waals surface area contributed by atoms with Crippen LogP contribution in [-0.2, 0) is 11.3 Å². The fourth-order valence-electron chi connectivity index (χ4n) is 1.38. The lowest BCUT2D eigenvalue weighted by atomic mass is 10.2. The van der Waals surface area contributed by atoms with Crippen molar-refractivity contribution in [3.05, 3.63) is 35.6 Å². The third-order valence-corrected chi connectivity index (χ3v) is 2.19. The summed E-state index contributed by atoms with van der Waals surface area (Å²) in [6, 6.07) is 5.92. The first-order valence-corrected chi connectivity index (χ1v) is 5.40. The van der Waals surface area contributed by atoms with Crippen LogP contribution < -0.4 is 10.6 Å². The summed E-state index contributed by atoms with van der Waals surface area (Å²) >= 11 is 0. The Morgan fingerprint density at radius 3 is 2.82 bits per heavy atom. The standard InChI is InChI=1S/C12H17FN2O2/c1-9(8-17-2)15-12(16)14-7-10-5-3-4-6-11(10)13/h3-6,9H,7-8H2,1-2H3,(H2,14,15,16). The van der Waals surface area contributed by atoms with Crippen molar-refractivity contribution >= 4 is 6.03 Å². The molecule has 94 valence electrons. The van der Waals surface area contributed by atoms with Crippen LogP contribution in [-0.4, -0.2) is 25.8 Å². The molecule has 0 aliphatic rings. The molecule has 1 unspecified atom stereocenters. The Kier molecular flexibility index (Phi) is 5.42. The smallest absolute Gasteiger partial charge is 0.315 e. The zero-order chi connectivity index (χ0) is 12.7. The Morgan fingerprint density at radius 1 is 1.47 bits per heavy atom. The number of hydrogen-bond donors (Lipinski definition) is 2. The molecule has 0 heterocycles. The number of carbonyl (C=O) groups is 1. The Hall–Kier alpha value is -1.62. The van der Waals surface area contributed by atoms with Gasteiger partial charge < -0.3 is 15.4 Å². The molecule has 1 aromatic carbocycles. The molecule has 0 aliphatic carbocycles. The lowest BCUT2D eigenvalue weighted by Gasteiger charge is -2.13. The van der Waals surface area contributed by atoms with Crippen LogP contribution in [0.5, 0.6) is 0 Å². The quantitative estimate of drug-likeness (QED) is 0.822. The fraction of sp³-hybridized carbons (Fsp3) is 0.417. The minimum absolute atomic E-state index is 0.0828. The van der Waals surface area contributed by atoms with Gasteiger partial charge in [-0.2, -0.15) is 0 Å². The van der Waals surface area contributed by atoms with Crippen molar-refractivity contribution in [1.82, 2.24) is 10.6 Å². The minimum Gasteiger partial charge on any atom is -0.383 e. The van der Waals surface area contributed by atoms with Crippen molar-refractivity contribution in [2.75, 3.05) is 13.7 Å². The van der Waals surface area contributed by atoms with Crippen LogP contribution in [0.4, 0.5) is 9.18 Å². The van der Waals surface area contributed by atoms with E-state index in [0.717, 1.165) is 0 Å². The van der Waals surface area contributed by atoms with Gasteiger partial charge in [0.25, 0.3) is 0 Å². The molecule has 1 atom stereocenters. The lowest BCUT2D eigenvalue weighted by Crippen LogP contribution is -2.42. The second-order valence-electron chi connectivity index (χ2n) is 3.77. The van der Waals surface area contributed by atoms with E-state index in [0.29, 0.717) is 12.2 Å². The molecule has 2 N–H and O–H groups in total. The minimum atomic E-state index is -0.335. The van der Waals surface area contributed by atoms with Crippen molar-refractivity contribution in [2.45, 2.75) is 19.5 Å². The van der Waals surface area contributed by atoms with Gasteiger partial charge in [0, 0.05) is 19.2 Å². The maximum absolute atomic E-state index is 13.2. The number of carbonyl (C=O) groups excluding carboxylic acids is 1. The summed E-state index contributed by atoms with van der Waals surface area (Å²) in [7, 11) is 1.56. The molecule has 0 spiro atoms. The maximum Gasteiger partial charge on any atom is 0.315 e. The van der Waals surface area contributed by atoms with Gasteiger partial charge in [-0.15, -0.1) is 0 Å². The number of hydrogen-bond acceptors (Lipinski definition) is 2. The molecule has 1 rings (SSSR count). The summed E-state index contributed by atoms with van der Waals surface area (Å²) in [4.78, 5) is 11.4. The average Bonchev–Trinajstić information content (AvgIpc) is 2.28. The van der Waals surface area contributed by atoms with E-state index in [9.17, 15) is 9.18 Å². The number of amides is 2. The van der Waals surface area contributed by atoms with Gasteiger partial charge in [-0.1, -0.05) is 18.2 Å². The molecule has 4 nitrogen and oxygen atoms in total. The Bertz CT molecular complexity index is 371. The largest absolute Gasteiger partial charge is 0.383 e. The molecule has 0 radical (unpaired) electrons. The number of rotatable bonds is 5. The molecule has 2 amide bonds. The fourth-order valence-corrected chi connectivity index (χ4v) is 1.38. The molecule has 0 aromatic heterocycles. The second-order valence-corrected chi connectivity index (χ2v) is 3.77. The zero-order valence-electron chi connectivity index (χ0n) is 10.00. The predicted octanol–water partition coefficient (Wildman–Crippen LogP) is 1.66. The Balaban J connectivity index is 2.36. The Labute approximate surface area is 100 Å². The van der Waals surface area contributed by atoms with E-state index in [4.69, 9.17) is 4.74 Å². The molecule has 1 aromatic rings. The molecule has 0 saturated carbocycles. The van der Waals surface area contributed by atoms with Crippen LogP contribution in [0.2, 0.25) is 0 Å². The van der Waals surface area contributed by atoms with Crippen LogP contribution in [0, 0.1) is 5.82 Å². The number of urea groups is 1. The van der Waals surface area contributed by atoms with Gasteiger partial charge >= 0.3 is 6.03 Å². The van der Waals surface area contributed by atoms with Crippen LogP contribution in [0.1, 0.15) is 12.5 Å². The topological polar surface area (TPSA) is 50.4 Å². The Morgan fingerprint density at radius 2 is 2.18 bits per heavy atom. The predicted molar refractivity (Wildman–Crippen MR) is 63.1 cm³/mol. The van der Waals surface area contributed by atoms with E-state index in [1.807, 2.05) is 6.92 Å². The van der Waals surface area contributed by atoms with Crippen molar-refractivity contribution in [2.24, 2.45) is 0 Å². The molecular formula is C12H17FN2O2. The maximum atomic E-state index is 13.2. The molecule has 0 saturated heterocycles. The first-order valence-electron chi connectivity index (χ1n) is 5.40. The third-order valence-electron chi connectivity index (χ3n) is 2.19. The van der Waals surface area contributed by atoms with Crippen molar-refractivity contribution < 1.29 is 13.9 Å². The number of nitrogens with one attached hydrogen (secondary N) is 2. The van der Waals surface area contributed by atoms with Gasteiger partial charge in [-0.05, 0) is 13.0 Å². The van der Waals surface area contributed by atoms with Crippen LogP contribution >= 0.6 is 0 Å². The summed E-state index contributed by atoms with van der Waals surface area (Å²) in [5.41, 5.74) is 0.460. The van der Waals surface area contributed by atoms with E-state index in [-0.39, 0.29) is 24.4 Å². The van der Waals surface area contributed by atoms with Gasteiger partial charge in [-0.3, -0.25) is 0 Å². The highest BCUT2D eigenvalue weighted by Gasteiger charge is 2.07. The van der Waals surface area contributed by atoms with Crippen LogP contribution in [0.15, 0.2) is 24.3 Å². The monoisotopic (exact) mass is 240 g/mol. The van der Waals surface area contributed by atoms with Gasteiger partial charge in [0.05, 0.1) is 12.6 Å². The number of ether oxygens (including phenoxy) is 1. The second kappa shape index (κ2) is 6.85. The average molecular weight is 240 g/mol. The van der Waals surface area contributed by atoms with Gasteiger partial charge in [0.2, 0.25) is 0 Å². The summed E-state index contributed by atoms with van der Waals surface area (Å²) < 4.78 is 18.1. The molecule has 0 bridgehead atoms. The summed E-state index contributed by atoms with van der Waals surface area (Å²) in [6.45, 7) is 2.43. The summed E-state index contributed by atoms with van der Waals surface area (Å²) in [6.07, 6.45) is 0. The highest BCUT2D eigenvalue weighted by molar-refractivity contribution is 5.74. The molecule has 5 heteroatoms. The lowest BCUT2D eigenvalue weighted by molar-refractivity contribution is 0.171. The first kappa shape index (κ1) is 13.4. The summed E-state index contributed by atoms with van der Waals surface area (Å²) in [5, 5.41) is 5.26. The van der Waals surface area contributed by atoms with Crippen molar-refractivity contribution in [1.29, 1.82) is 0 Å².